The van der Waals surface area contributed by atoms with Crippen molar-refractivity contribution in [3.63, 3.8) is 0 Å². The molecule has 3 rings (SSSR count). The van der Waals surface area contributed by atoms with E-state index in [0.717, 1.165) is 12.3 Å². The molecule has 2 nitrogen and oxygen atoms in total. The Morgan fingerprint density at radius 2 is 1.90 bits per heavy atom. The number of methoxy groups -OCH3 is 1. The molecular weight excluding hydrogens is 278 g/mol. The number of hydrogen-bond donors (Lipinski definition) is 1. The third kappa shape index (κ3) is 2.80. The fraction of sp³-hybridized carbons (Fsp3) is 0.222. The molecule has 108 valence electrons. The summed E-state index contributed by atoms with van der Waals surface area (Å²) < 4.78 is 6.61. The zero-order chi connectivity index (χ0) is 14.7. The van der Waals surface area contributed by atoms with E-state index in [0.29, 0.717) is 0 Å². The van der Waals surface area contributed by atoms with Crippen molar-refractivity contribution < 1.29 is 4.74 Å². The van der Waals surface area contributed by atoms with E-state index in [1.807, 2.05) is 12.1 Å². The molecule has 0 saturated carbocycles. The summed E-state index contributed by atoms with van der Waals surface area (Å²) in [4.78, 5) is 0. The van der Waals surface area contributed by atoms with Gasteiger partial charge >= 0.3 is 0 Å². The van der Waals surface area contributed by atoms with Crippen LogP contribution in [0.15, 0.2) is 53.9 Å². The molecule has 0 bridgehead atoms. The monoisotopic (exact) mass is 297 g/mol. The van der Waals surface area contributed by atoms with Crippen LogP contribution in [0.3, 0.4) is 0 Å². The minimum absolute atomic E-state index is 0.211. The fourth-order valence-corrected chi connectivity index (χ4v) is 3.60. The molecular formula is C18H19NOS. The Morgan fingerprint density at radius 1 is 1.10 bits per heavy atom. The molecule has 0 aliphatic heterocycles. The third-order valence-electron chi connectivity index (χ3n) is 3.68. The highest BCUT2D eigenvalue weighted by atomic mass is 32.1. The Hall–Kier alpha value is -1.84. The van der Waals surface area contributed by atoms with Crippen molar-refractivity contribution in [2.45, 2.75) is 13.0 Å². The Balaban J connectivity index is 2.06. The van der Waals surface area contributed by atoms with Crippen molar-refractivity contribution in [2.75, 3.05) is 13.7 Å². The molecule has 1 aromatic heterocycles. The van der Waals surface area contributed by atoms with Crippen LogP contribution in [0, 0.1) is 0 Å². The molecule has 3 aromatic rings. The maximum Gasteiger partial charge on any atom is 0.118 e. The van der Waals surface area contributed by atoms with Crippen molar-refractivity contribution in [3.05, 3.63) is 65.0 Å². The average molecular weight is 297 g/mol. The third-order valence-corrected chi connectivity index (χ3v) is 4.66. The second-order valence-corrected chi connectivity index (χ2v) is 5.87. The Bertz CT molecular complexity index is 717. The van der Waals surface area contributed by atoms with E-state index in [9.17, 15) is 0 Å². The van der Waals surface area contributed by atoms with Crippen LogP contribution in [0.25, 0.3) is 10.1 Å². The van der Waals surface area contributed by atoms with Gasteiger partial charge in [0.15, 0.2) is 0 Å². The molecule has 3 heteroatoms. The molecule has 0 aliphatic rings. The van der Waals surface area contributed by atoms with Crippen molar-refractivity contribution in [1.82, 2.24) is 5.32 Å². The smallest absolute Gasteiger partial charge is 0.118 e. The highest BCUT2D eigenvalue weighted by molar-refractivity contribution is 7.17. The van der Waals surface area contributed by atoms with Crippen molar-refractivity contribution in [3.8, 4) is 5.75 Å². The summed E-state index contributed by atoms with van der Waals surface area (Å²) in [6, 6.07) is 17.2. The molecule has 0 aliphatic carbocycles. The first-order chi connectivity index (χ1) is 10.3. The summed E-state index contributed by atoms with van der Waals surface area (Å²) >= 11 is 1.81. The van der Waals surface area contributed by atoms with Gasteiger partial charge in [-0.15, -0.1) is 11.3 Å². The zero-order valence-electron chi connectivity index (χ0n) is 12.3. The SMILES string of the molecule is CCNC(c1ccc(OC)cc1)c1cccc2ccsc12. The first-order valence-electron chi connectivity index (χ1n) is 7.17. The van der Waals surface area contributed by atoms with Crippen LogP contribution in [0.2, 0.25) is 0 Å². The van der Waals surface area contributed by atoms with Gasteiger partial charge in [0.2, 0.25) is 0 Å². The first-order valence-corrected chi connectivity index (χ1v) is 8.05. The van der Waals surface area contributed by atoms with Gasteiger partial charge in [-0.2, -0.15) is 0 Å². The van der Waals surface area contributed by atoms with Gasteiger partial charge in [-0.1, -0.05) is 37.3 Å². The van der Waals surface area contributed by atoms with Gasteiger partial charge < -0.3 is 10.1 Å². The number of thiophene rings is 1. The zero-order valence-corrected chi connectivity index (χ0v) is 13.1. The minimum atomic E-state index is 0.211. The predicted molar refractivity (Wildman–Crippen MR) is 90.3 cm³/mol. The van der Waals surface area contributed by atoms with Gasteiger partial charge in [0.05, 0.1) is 13.2 Å². The Labute approximate surface area is 129 Å². The predicted octanol–water partition coefficient (Wildman–Crippen LogP) is 4.61. The molecule has 0 saturated heterocycles. The number of rotatable bonds is 5. The summed E-state index contributed by atoms with van der Waals surface area (Å²) in [6.07, 6.45) is 0. The lowest BCUT2D eigenvalue weighted by molar-refractivity contribution is 0.414. The van der Waals surface area contributed by atoms with E-state index in [1.165, 1.54) is 21.2 Å². The number of benzene rings is 2. The van der Waals surface area contributed by atoms with Crippen LogP contribution in [-0.4, -0.2) is 13.7 Å². The standard InChI is InChI=1S/C18H19NOS/c1-3-19-17(13-7-9-15(20-2)10-8-13)16-6-4-5-14-11-12-21-18(14)16/h4-12,17,19H,3H2,1-2H3. The Morgan fingerprint density at radius 3 is 2.62 bits per heavy atom. The normalized spacial score (nSPS) is 12.5. The second-order valence-electron chi connectivity index (χ2n) is 4.95. The summed E-state index contributed by atoms with van der Waals surface area (Å²) in [6.45, 7) is 3.07. The molecule has 0 radical (unpaired) electrons. The summed E-state index contributed by atoms with van der Waals surface area (Å²) in [5, 5.41) is 7.07. The molecule has 1 atom stereocenters. The topological polar surface area (TPSA) is 21.3 Å². The lowest BCUT2D eigenvalue weighted by atomic mass is 9.97. The number of ether oxygens (including phenoxy) is 1. The van der Waals surface area contributed by atoms with Crippen molar-refractivity contribution >= 4 is 21.4 Å². The van der Waals surface area contributed by atoms with Crippen LogP contribution in [0.4, 0.5) is 0 Å². The van der Waals surface area contributed by atoms with Crippen molar-refractivity contribution in [1.29, 1.82) is 0 Å². The molecule has 1 heterocycles. The minimum Gasteiger partial charge on any atom is -0.497 e. The highest BCUT2D eigenvalue weighted by Crippen LogP contribution is 2.32. The number of hydrogen-bond acceptors (Lipinski definition) is 3. The van der Waals surface area contributed by atoms with Gasteiger partial charge in [0, 0.05) is 4.70 Å². The van der Waals surface area contributed by atoms with Crippen LogP contribution in [0.5, 0.6) is 5.75 Å². The summed E-state index contributed by atoms with van der Waals surface area (Å²) in [5.41, 5.74) is 2.60. The maximum absolute atomic E-state index is 5.25. The van der Waals surface area contributed by atoms with Crippen LogP contribution < -0.4 is 10.1 Å². The van der Waals surface area contributed by atoms with E-state index in [-0.39, 0.29) is 6.04 Å². The van der Waals surface area contributed by atoms with E-state index >= 15 is 0 Å². The molecule has 2 aromatic carbocycles. The quantitative estimate of drug-likeness (QED) is 0.742. The lowest BCUT2D eigenvalue weighted by Crippen LogP contribution is -2.22. The van der Waals surface area contributed by atoms with Crippen LogP contribution in [0.1, 0.15) is 24.1 Å². The molecule has 0 amide bonds. The lowest BCUT2D eigenvalue weighted by Gasteiger charge is -2.20. The van der Waals surface area contributed by atoms with E-state index in [4.69, 9.17) is 4.74 Å². The van der Waals surface area contributed by atoms with Crippen LogP contribution in [-0.2, 0) is 0 Å². The number of nitrogens with one attached hydrogen (secondary N) is 1. The summed E-state index contributed by atoms with van der Waals surface area (Å²) in [5.74, 6) is 0.892. The van der Waals surface area contributed by atoms with Gasteiger partial charge in [0.1, 0.15) is 5.75 Å². The summed E-state index contributed by atoms with van der Waals surface area (Å²) in [7, 11) is 1.70. The molecule has 0 fully saturated rings. The van der Waals surface area contributed by atoms with E-state index in [1.54, 1.807) is 18.4 Å². The largest absolute Gasteiger partial charge is 0.497 e. The molecule has 1 N–H and O–H groups in total. The van der Waals surface area contributed by atoms with E-state index < -0.39 is 0 Å². The van der Waals surface area contributed by atoms with Gasteiger partial charge in [-0.05, 0) is 46.6 Å². The molecule has 0 spiro atoms. The number of fused-ring (bicyclic) bond motifs is 1. The first kappa shape index (κ1) is 14.1. The van der Waals surface area contributed by atoms with Gasteiger partial charge in [0.25, 0.3) is 0 Å². The van der Waals surface area contributed by atoms with E-state index in [2.05, 4.69) is 54.0 Å². The maximum atomic E-state index is 5.25. The second kappa shape index (κ2) is 6.29. The van der Waals surface area contributed by atoms with Gasteiger partial charge in [-0.25, -0.2) is 0 Å². The fourth-order valence-electron chi connectivity index (χ4n) is 2.65. The highest BCUT2D eigenvalue weighted by Gasteiger charge is 2.16. The average Bonchev–Trinajstić information content (AvgIpc) is 3.01. The van der Waals surface area contributed by atoms with Gasteiger partial charge in [-0.3, -0.25) is 0 Å². The van der Waals surface area contributed by atoms with Crippen molar-refractivity contribution in [2.24, 2.45) is 0 Å². The molecule has 21 heavy (non-hydrogen) atoms. The van der Waals surface area contributed by atoms with Crippen LogP contribution >= 0.6 is 11.3 Å². The Kier molecular flexibility index (Phi) is 4.23. The molecule has 1 unspecified atom stereocenters.